The largest absolute Gasteiger partial charge is 0.507 e. The van der Waals surface area contributed by atoms with E-state index in [0.717, 1.165) is 16.8 Å². The fourth-order valence-electron chi connectivity index (χ4n) is 1.85. The minimum atomic E-state index is -0.305. The van der Waals surface area contributed by atoms with Crippen molar-refractivity contribution in [3.05, 3.63) is 58.7 Å². The minimum Gasteiger partial charge on any atom is -0.507 e. The van der Waals surface area contributed by atoms with Gasteiger partial charge in [0, 0.05) is 5.69 Å². The van der Waals surface area contributed by atoms with Gasteiger partial charge in [-0.1, -0.05) is 12.1 Å². The van der Waals surface area contributed by atoms with Gasteiger partial charge >= 0.3 is 0 Å². The van der Waals surface area contributed by atoms with E-state index in [1.165, 1.54) is 5.56 Å². The molecule has 2 aromatic rings. The number of phenolic OH excluding ortho intramolecular Hbond substituents is 1. The molecular formula is C16H17NO2. The van der Waals surface area contributed by atoms with Gasteiger partial charge in [-0.05, 0) is 61.7 Å². The molecule has 0 aliphatic heterocycles. The Morgan fingerprint density at radius 3 is 2.37 bits per heavy atom. The van der Waals surface area contributed by atoms with Gasteiger partial charge in [0.05, 0.1) is 5.56 Å². The molecule has 0 spiro atoms. The predicted octanol–water partition coefficient (Wildman–Crippen LogP) is 3.57. The van der Waals surface area contributed by atoms with Crippen LogP contribution >= 0.6 is 0 Å². The molecule has 0 saturated carbocycles. The summed E-state index contributed by atoms with van der Waals surface area (Å²) in [4.78, 5) is 12.1. The molecule has 2 aromatic carbocycles. The molecule has 0 radical (unpaired) electrons. The molecule has 3 heteroatoms. The quantitative estimate of drug-likeness (QED) is 0.861. The summed E-state index contributed by atoms with van der Waals surface area (Å²) in [5.74, 6) is -0.304. The molecular weight excluding hydrogens is 238 g/mol. The number of anilines is 1. The van der Waals surface area contributed by atoms with Gasteiger partial charge in [0.15, 0.2) is 0 Å². The average Bonchev–Trinajstić information content (AvgIpc) is 2.33. The van der Waals surface area contributed by atoms with Crippen LogP contribution in [0, 0.1) is 20.8 Å². The second-order valence-electron chi connectivity index (χ2n) is 4.77. The molecule has 0 unspecified atom stereocenters. The van der Waals surface area contributed by atoms with Gasteiger partial charge in [-0.2, -0.15) is 0 Å². The van der Waals surface area contributed by atoms with Gasteiger partial charge in [0.25, 0.3) is 5.91 Å². The lowest BCUT2D eigenvalue weighted by Crippen LogP contribution is -2.12. The first kappa shape index (κ1) is 13.1. The number of benzene rings is 2. The molecule has 0 fully saturated rings. The van der Waals surface area contributed by atoms with Crippen molar-refractivity contribution in [2.45, 2.75) is 20.8 Å². The van der Waals surface area contributed by atoms with Crippen molar-refractivity contribution in [3.8, 4) is 5.75 Å². The number of nitrogens with one attached hydrogen (secondary N) is 1. The number of carbonyl (C=O) groups is 1. The van der Waals surface area contributed by atoms with E-state index in [1.807, 2.05) is 39.0 Å². The fraction of sp³-hybridized carbons (Fsp3) is 0.188. The van der Waals surface area contributed by atoms with E-state index in [2.05, 4.69) is 5.32 Å². The molecule has 0 atom stereocenters. The smallest absolute Gasteiger partial charge is 0.259 e. The zero-order chi connectivity index (χ0) is 14.0. The Labute approximate surface area is 112 Å². The van der Waals surface area contributed by atoms with Crippen molar-refractivity contribution in [2.24, 2.45) is 0 Å². The van der Waals surface area contributed by atoms with E-state index in [4.69, 9.17) is 0 Å². The van der Waals surface area contributed by atoms with Crippen molar-refractivity contribution < 1.29 is 9.90 Å². The van der Waals surface area contributed by atoms with E-state index < -0.39 is 0 Å². The highest BCUT2D eigenvalue weighted by Gasteiger charge is 2.11. The number of amides is 1. The summed E-state index contributed by atoms with van der Waals surface area (Å²) in [6.45, 7) is 5.88. The van der Waals surface area contributed by atoms with E-state index in [-0.39, 0.29) is 17.2 Å². The average molecular weight is 255 g/mol. The molecule has 2 N–H and O–H groups in total. The van der Waals surface area contributed by atoms with Crippen molar-refractivity contribution in [3.63, 3.8) is 0 Å². The van der Waals surface area contributed by atoms with Crippen LogP contribution in [0.5, 0.6) is 5.75 Å². The molecule has 0 aromatic heterocycles. The van der Waals surface area contributed by atoms with Crippen LogP contribution in [0.4, 0.5) is 5.69 Å². The lowest BCUT2D eigenvalue weighted by atomic mass is 10.1. The molecule has 3 nitrogen and oxygen atoms in total. The SMILES string of the molecule is Cc1ccc(C(=O)Nc2ccc(C)c(C)c2)c(O)c1. The maximum Gasteiger partial charge on any atom is 0.259 e. The molecule has 0 heterocycles. The van der Waals surface area contributed by atoms with Crippen molar-refractivity contribution in [2.75, 3.05) is 5.32 Å². The van der Waals surface area contributed by atoms with Crippen LogP contribution in [0.1, 0.15) is 27.0 Å². The second kappa shape index (κ2) is 5.14. The molecule has 19 heavy (non-hydrogen) atoms. The summed E-state index contributed by atoms with van der Waals surface area (Å²) >= 11 is 0. The fourth-order valence-corrected chi connectivity index (χ4v) is 1.85. The van der Waals surface area contributed by atoms with Crippen molar-refractivity contribution >= 4 is 11.6 Å². The van der Waals surface area contributed by atoms with E-state index in [1.54, 1.807) is 18.2 Å². The second-order valence-corrected chi connectivity index (χ2v) is 4.77. The maximum atomic E-state index is 12.1. The van der Waals surface area contributed by atoms with Gasteiger partial charge in [-0.3, -0.25) is 4.79 Å². The van der Waals surface area contributed by atoms with E-state index in [0.29, 0.717) is 0 Å². The first-order valence-corrected chi connectivity index (χ1v) is 6.15. The summed E-state index contributed by atoms with van der Waals surface area (Å²) in [6.07, 6.45) is 0. The highest BCUT2D eigenvalue weighted by molar-refractivity contribution is 6.06. The summed E-state index contributed by atoms with van der Waals surface area (Å²) < 4.78 is 0. The Balaban J connectivity index is 2.23. The minimum absolute atomic E-state index is 0.00123. The van der Waals surface area contributed by atoms with E-state index in [9.17, 15) is 9.90 Å². The molecule has 2 rings (SSSR count). The summed E-state index contributed by atoms with van der Waals surface area (Å²) in [7, 11) is 0. The van der Waals surface area contributed by atoms with Crippen LogP contribution < -0.4 is 5.32 Å². The van der Waals surface area contributed by atoms with Gasteiger partial charge in [-0.15, -0.1) is 0 Å². The van der Waals surface area contributed by atoms with Crippen LogP contribution in [0.3, 0.4) is 0 Å². The normalized spacial score (nSPS) is 10.3. The van der Waals surface area contributed by atoms with Crippen LogP contribution in [0.15, 0.2) is 36.4 Å². The molecule has 0 aliphatic rings. The Bertz CT molecular complexity index is 633. The Kier molecular flexibility index (Phi) is 3.56. The van der Waals surface area contributed by atoms with Crippen molar-refractivity contribution in [1.29, 1.82) is 0 Å². The zero-order valence-electron chi connectivity index (χ0n) is 11.3. The third-order valence-corrected chi connectivity index (χ3v) is 3.16. The molecule has 0 saturated heterocycles. The van der Waals surface area contributed by atoms with Gasteiger partial charge in [0.2, 0.25) is 0 Å². The first-order chi connectivity index (χ1) is 8.97. The summed E-state index contributed by atoms with van der Waals surface area (Å²) in [5, 5.41) is 12.6. The topological polar surface area (TPSA) is 49.3 Å². The number of hydrogen-bond acceptors (Lipinski definition) is 2. The zero-order valence-corrected chi connectivity index (χ0v) is 11.3. The Hall–Kier alpha value is -2.29. The van der Waals surface area contributed by atoms with Crippen LogP contribution in [-0.4, -0.2) is 11.0 Å². The molecule has 0 aliphatic carbocycles. The number of hydrogen-bond donors (Lipinski definition) is 2. The van der Waals surface area contributed by atoms with Crippen LogP contribution in [0.25, 0.3) is 0 Å². The number of aromatic hydroxyl groups is 1. The lowest BCUT2D eigenvalue weighted by Gasteiger charge is -2.09. The van der Waals surface area contributed by atoms with Crippen LogP contribution in [0.2, 0.25) is 0 Å². The number of aryl methyl sites for hydroxylation is 3. The first-order valence-electron chi connectivity index (χ1n) is 6.15. The van der Waals surface area contributed by atoms with Gasteiger partial charge in [0.1, 0.15) is 5.75 Å². The lowest BCUT2D eigenvalue weighted by molar-refractivity contribution is 0.102. The van der Waals surface area contributed by atoms with E-state index >= 15 is 0 Å². The monoisotopic (exact) mass is 255 g/mol. The number of rotatable bonds is 2. The van der Waals surface area contributed by atoms with Gasteiger partial charge < -0.3 is 10.4 Å². The van der Waals surface area contributed by atoms with Crippen LogP contribution in [-0.2, 0) is 0 Å². The number of phenols is 1. The maximum absolute atomic E-state index is 12.1. The Morgan fingerprint density at radius 2 is 1.74 bits per heavy atom. The highest BCUT2D eigenvalue weighted by atomic mass is 16.3. The third-order valence-electron chi connectivity index (χ3n) is 3.16. The molecule has 98 valence electrons. The Morgan fingerprint density at radius 1 is 1.00 bits per heavy atom. The standard InChI is InChI=1S/C16H17NO2/c1-10-4-7-14(15(18)8-10)16(19)17-13-6-5-11(2)12(3)9-13/h4-9,18H,1-3H3,(H,17,19). The van der Waals surface area contributed by atoms with Gasteiger partial charge in [-0.25, -0.2) is 0 Å². The molecule has 0 bridgehead atoms. The summed E-state index contributed by atoms with van der Waals surface area (Å²) in [6, 6.07) is 10.7. The van der Waals surface area contributed by atoms with Crippen molar-refractivity contribution in [1.82, 2.24) is 0 Å². The number of carbonyl (C=O) groups excluding carboxylic acids is 1. The highest BCUT2D eigenvalue weighted by Crippen LogP contribution is 2.21. The predicted molar refractivity (Wildman–Crippen MR) is 76.7 cm³/mol. The third kappa shape index (κ3) is 2.94. The summed E-state index contributed by atoms with van der Waals surface area (Å²) in [5.41, 5.74) is 4.22. The molecule has 1 amide bonds.